The molecule has 1 fully saturated rings. The lowest BCUT2D eigenvalue weighted by molar-refractivity contribution is -0.140. The highest BCUT2D eigenvalue weighted by atomic mass is 16.6. The molecule has 7 nitrogen and oxygen atoms in total. The Kier molecular flexibility index (Phi) is 6.34. The number of carboxylic acids is 1. The normalized spacial score (nSPS) is 14.4. The monoisotopic (exact) mass is 532 g/mol. The number of hydrogen-bond donors (Lipinski definition) is 2. The summed E-state index contributed by atoms with van der Waals surface area (Å²) in [6.45, 7) is 3.59. The van der Waals surface area contributed by atoms with Crippen LogP contribution >= 0.6 is 0 Å². The number of benzene rings is 4. The Morgan fingerprint density at radius 2 is 1.52 bits per heavy atom. The summed E-state index contributed by atoms with van der Waals surface area (Å²) in [6.07, 6.45) is 0.317. The van der Waals surface area contributed by atoms with Gasteiger partial charge in [-0.25, -0.2) is 4.79 Å². The number of anilines is 1. The number of amides is 1. The third kappa shape index (κ3) is 4.49. The molecule has 2 N–H and O–H groups in total. The van der Waals surface area contributed by atoms with E-state index >= 15 is 0 Å². The summed E-state index contributed by atoms with van der Waals surface area (Å²) >= 11 is 0. The molecule has 1 unspecified atom stereocenters. The number of aliphatic carboxylic acids is 1. The first kappa shape index (κ1) is 25.4. The molecule has 7 heteroatoms. The van der Waals surface area contributed by atoms with Crippen molar-refractivity contribution in [2.45, 2.75) is 38.2 Å². The summed E-state index contributed by atoms with van der Waals surface area (Å²) < 4.78 is 11.3. The number of fused-ring (bicyclic) bond motifs is 1. The average molecular weight is 533 g/mol. The Morgan fingerprint density at radius 3 is 2.17 bits per heavy atom. The van der Waals surface area contributed by atoms with E-state index in [0.29, 0.717) is 30.0 Å². The molecule has 0 aliphatic heterocycles. The molecule has 1 aromatic heterocycles. The van der Waals surface area contributed by atoms with Gasteiger partial charge in [-0.15, -0.1) is 0 Å². The van der Waals surface area contributed by atoms with E-state index in [4.69, 9.17) is 9.26 Å². The minimum Gasteiger partial charge on any atom is -0.481 e. The van der Waals surface area contributed by atoms with Crippen LogP contribution in [-0.2, 0) is 14.9 Å². The number of hydrogen-bond acceptors (Lipinski definition) is 5. The number of nitrogens with one attached hydrogen (secondary N) is 1. The van der Waals surface area contributed by atoms with Crippen molar-refractivity contribution in [3.05, 3.63) is 108 Å². The molecule has 1 atom stereocenters. The van der Waals surface area contributed by atoms with Crippen LogP contribution in [0.15, 0.2) is 95.5 Å². The first-order valence-corrected chi connectivity index (χ1v) is 13.2. The van der Waals surface area contributed by atoms with Gasteiger partial charge in [0.2, 0.25) is 0 Å². The van der Waals surface area contributed by atoms with E-state index in [0.717, 1.165) is 38.6 Å². The molecule has 0 spiro atoms. The zero-order valence-electron chi connectivity index (χ0n) is 22.2. The fourth-order valence-corrected chi connectivity index (χ4v) is 5.25. The molecule has 0 bridgehead atoms. The van der Waals surface area contributed by atoms with Crippen molar-refractivity contribution in [3.63, 3.8) is 0 Å². The third-order valence-corrected chi connectivity index (χ3v) is 7.72. The molecular formula is C33H28N2O5. The highest BCUT2D eigenvalue weighted by Crippen LogP contribution is 2.49. The molecule has 1 amide bonds. The minimum atomic E-state index is -0.764. The number of ether oxygens (including phenoxy) is 1. The molecule has 40 heavy (non-hydrogen) atoms. The number of carbonyl (C=O) groups excluding carboxylic acids is 1. The molecule has 0 saturated heterocycles. The minimum absolute atomic E-state index is 0.429. The van der Waals surface area contributed by atoms with Gasteiger partial charge in [-0.05, 0) is 65.8 Å². The number of carboxylic acid groups (broad SMARTS) is 1. The summed E-state index contributed by atoms with van der Waals surface area (Å²) in [5, 5.41) is 18.5. The van der Waals surface area contributed by atoms with Crippen molar-refractivity contribution in [2.24, 2.45) is 0 Å². The van der Waals surface area contributed by atoms with Gasteiger partial charge < -0.3 is 14.4 Å². The predicted molar refractivity (Wildman–Crippen MR) is 153 cm³/mol. The first-order chi connectivity index (χ1) is 19.4. The maximum Gasteiger partial charge on any atom is 0.412 e. The number of rotatable bonds is 7. The van der Waals surface area contributed by atoms with E-state index in [1.165, 1.54) is 0 Å². The average Bonchev–Trinajstić information content (AvgIpc) is 3.72. The second-order valence-corrected chi connectivity index (χ2v) is 10.2. The molecule has 0 radical (unpaired) electrons. The largest absolute Gasteiger partial charge is 0.481 e. The van der Waals surface area contributed by atoms with Crippen molar-refractivity contribution < 1.29 is 24.0 Å². The number of aromatic nitrogens is 1. The lowest BCUT2D eigenvalue weighted by Gasteiger charge is -2.15. The van der Waals surface area contributed by atoms with Crippen LogP contribution in [0.2, 0.25) is 0 Å². The molecule has 1 aliphatic carbocycles. The van der Waals surface area contributed by atoms with E-state index in [1.807, 2.05) is 97.9 Å². The lowest BCUT2D eigenvalue weighted by Crippen LogP contribution is -2.19. The highest BCUT2D eigenvalue weighted by Gasteiger charge is 2.51. The van der Waals surface area contributed by atoms with Gasteiger partial charge in [0.1, 0.15) is 17.5 Å². The number of carbonyl (C=O) groups is 2. The maximum absolute atomic E-state index is 12.8. The topological polar surface area (TPSA) is 102 Å². The number of nitrogens with zero attached hydrogens (tertiary/aromatic N) is 1. The zero-order chi connectivity index (χ0) is 27.9. The van der Waals surface area contributed by atoms with Crippen LogP contribution in [0.1, 0.15) is 42.7 Å². The molecule has 6 rings (SSSR count). The fraction of sp³-hybridized carbons (Fsp3) is 0.182. The molecule has 1 aliphatic rings. The van der Waals surface area contributed by atoms with Crippen molar-refractivity contribution in [3.8, 4) is 22.5 Å². The molecule has 200 valence electrons. The van der Waals surface area contributed by atoms with Gasteiger partial charge in [-0.3, -0.25) is 10.1 Å². The van der Waals surface area contributed by atoms with Crippen molar-refractivity contribution in [1.82, 2.24) is 5.16 Å². The van der Waals surface area contributed by atoms with Crippen LogP contribution in [-0.4, -0.2) is 22.3 Å². The summed E-state index contributed by atoms with van der Waals surface area (Å²) in [5.41, 5.74) is 4.76. The van der Waals surface area contributed by atoms with Crippen LogP contribution in [0.4, 0.5) is 10.5 Å². The maximum atomic E-state index is 12.8. The summed E-state index contributed by atoms with van der Waals surface area (Å²) in [5.74, 6) is -0.322. The predicted octanol–water partition coefficient (Wildman–Crippen LogP) is 7.90. The SMILES string of the molecule is Cc1noc(-c2ccc(-c3ccc(C4(C(=O)O)CC4)cc3)c3ccccc23)c1NC(=O)OC(C)c1ccccc1. The Balaban J connectivity index is 1.32. The molecule has 1 saturated carbocycles. The lowest BCUT2D eigenvalue weighted by atomic mass is 9.91. The standard InChI is InChI=1S/C33H28N2O5/c1-20-29(34-32(38)39-21(2)22-8-4-3-5-9-22)30(40-35-20)28-17-16-25(26-10-6-7-11-27(26)28)23-12-14-24(15-13-23)33(18-19-33)31(36)37/h3-17,21H,18-19H2,1-2H3,(H,34,38)(H,36,37). The Bertz CT molecular complexity index is 1720. The molecule has 5 aromatic rings. The Morgan fingerprint density at radius 1 is 0.900 bits per heavy atom. The van der Waals surface area contributed by atoms with Gasteiger partial charge in [0.05, 0.1) is 5.41 Å². The van der Waals surface area contributed by atoms with Crippen LogP contribution in [0, 0.1) is 6.92 Å². The number of aryl methyl sites for hydroxylation is 1. The highest BCUT2D eigenvalue weighted by molar-refractivity contribution is 6.06. The summed E-state index contributed by atoms with van der Waals surface area (Å²) in [6, 6.07) is 29.3. The van der Waals surface area contributed by atoms with Crippen molar-refractivity contribution >= 4 is 28.5 Å². The van der Waals surface area contributed by atoms with Gasteiger partial charge in [0, 0.05) is 5.56 Å². The molecular weight excluding hydrogens is 504 g/mol. The van der Waals surface area contributed by atoms with E-state index < -0.39 is 23.6 Å². The smallest absolute Gasteiger partial charge is 0.412 e. The quantitative estimate of drug-likeness (QED) is 0.221. The van der Waals surface area contributed by atoms with Crippen LogP contribution < -0.4 is 5.32 Å². The van der Waals surface area contributed by atoms with Gasteiger partial charge in [-0.1, -0.05) is 90.1 Å². The van der Waals surface area contributed by atoms with E-state index in [1.54, 1.807) is 6.92 Å². The zero-order valence-corrected chi connectivity index (χ0v) is 22.2. The third-order valence-electron chi connectivity index (χ3n) is 7.72. The fourth-order valence-electron chi connectivity index (χ4n) is 5.25. The van der Waals surface area contributed by atoms with Crippen LogP contribution in [0.3, 0.4) is 0 Å². The van der Waals surface area contributed by atoms with Gasteiger partial charge in [-0.2, -0.15) is 0 Å². The summed E-state index contributed by atoms with van der Waals surface area (Å²) in [7, 11) is 0. The van der Waals surface area contributed by atoms with E-state index in [-0.39, 0.29) is 0 Å². The first-order valence-electron chi connectivity index (χ1n) is 13.2. The van der Waals surface area contributed by atoms with Crippen LogP contribution in [0.25, 0.3) is 33.2 Å². The molecule has 4 aromatic carbocycles. The molecule has 1 heterocycles. The van der Waals surface area contributed by atoms with Crippen molar-refractivity contribution in [2.75, 3.05) is 5.32 Å². The summed E-state index contributed by atoms with van der Waals surface area (Å²) in [4.78, 5) is 24.6. The van der Waals surface area contributed by atoms with Crippen LogP contribution in [0.5, 0.6) is 0 Å². The second-order valence-electron chi connectivity index (χ2n) is 10.2. The Hall–Kier alpha value is -4.91. The van der Waals surface area contributed by atoms with Gasteiger partial charge in [0.25, 0.3) is 0 Å². The Labute approximate surface area is 231 Å². The van der Waals surface area contributed by atoms with Crippen molar-refractivity contribution in [1.29, 1.82) is 0 Å². The second kappa shape index (κ2) is 10.0. The van der Waals surface area contributed by atoms with E-state index in [2.05, 4.69) is 10.5 Å². The van der Waals surface area contributed by atoms with Gasteiger partial charge >= 0.3 is 12.1 Å². The van der Waals surface area contributed by atoms with Gasteiger partial charge in [0.15, 0.2) is 5.76 Å². The van der Waals surface area contributed by atoms with E-state index in [9.17, 15) is 14.7 Å².